The zero-order valence-electron chi connectivity index (χ0n) is 11.6. The highest BCUT2D eigenvalue weighted by Gasteiger charge is 2.49. The number of amides is 2. The number of carbonyl (C=O) groups excluding carboxylic acids is 2. The Labute approximate surface area is 113 Å². The normalized spacial score (nSPS) is 33.7. The molecule has 2 amide bonds. The Morgan fingerprint density at radius 1 is 1.53 bits per heavy atom. The molecule has 1 aliphatic heterocycles. The highest BCUT2D eigenvalue weighted by atomic mass is 16.3. The van der Waals surface area contributed by atoms with Crippen LogP contribution in [0, 0.1) is 5.41 Å². The number of hydrogen-bond acceptors (Lipinski definition) is 4. The van der Waals surface area contributed by atoms with Crippen LogP contribution in [0.1, 0.15) is 32.6 Å². The summed E-state index contributed by atoms with van der Waals surface area (Å²) in [6.45, 7) is 2.35. The number of nitrogens with two attached hydrogens (primary N) is 1. The lowest BCUT2D eigenvalue weighted by molar-refractivity contribution is -0.144. The number of primary amides is 1. The van der Waals surface area contributed by atoms with E-state index in [-0.39, 0.29) is 17.4 Å². The molecular weight excluding hydrogens is 246 g/mol. The predicted molar refractivity (Wildman–Crippen MR) is 70.1 cm³/mol. The van der Waals surface area contributed by atoms with Crippen LogP contribution in [0.4, 0.5) is 0 Å². The summed E-state index contributed by atoms with van der Waals surface area (Å²) in [5.41, 5.74) is 5.19. The van der Waals surface area contributed by atoms with E-state index in [1.807, 2.05) is 11.9 Å². The third-order valence-corrected chi connectivity index (χ3v) is 4.74. The average molecular weight is 269 g/mol. The van der Waals surface area contributed by atoms with Crippen molar-refractivity contribution in [3.63, 3.8) is 0 Å². The highest BCUT2D eigenvalue weighted by molar-refractivity contribution is 5.88. The number of rotatable bonds is 4. The summed E-state index contributed by atoms with van der Waals surface area (Å²) >= 11 is 0. The molecule has 6 nitrogen and oxygen atoms in total. The maximum atomic E-state index is 11.6. The molecule has 0 bridgehead atoms. The van der Waals surface area contributed by atoms with Gasteiger partial charge in [0.1, 0.15) is 6.04 Å². The first-order valence-electron chi connectivity index (χ1n) is 6.85. The van der Waals surface area contributed by atoms with Crippen molar-refractivity contribution in [1.29, 1.82) is 0 Å². The van der Waals surface area contributed by atoms with Crippen molar-refractivity contribution in [2.24, 2.45) is 11.1 Å². The fourth-order valence-electron chi connectivity index (χ4n) is 3.38. The Kier molecular flexibility index (Phi) is 3.82. The Balaban J connectivity index is 1.96. The molecule has 6 heteroatoms. The molecule has 19 heavy (non-hydrogen) atoms. The summed E-state index contributed by atoms with van der Waals surface area (Å²) in [5, 5.41) is 12.5. The van der Waals surface area contributed by atoms with Crippen LogP contribution in [0.25, 0.3) is 0 Å². The largest absolute Gasteiger partial charge is 0.391 e. The van der Waals surface area contributed by atoms with Crippen LogP contribution in [0.3, 0.4) is 0 Å². The first-order valence-corrected chi connectivity index (χ1v) is 6.85. The van der Waals surface area contributed by atoms with Gasteiger partial charge in [0.15, 0.2) is 0 Å². The molecule has 2 rings (SSSR count). The van der Waals surface area contributed by atoms with Crippen molar-refractivity contribution >= 4 is 11.8 Å². The minimum Gasteiger partial charge on any atom is -0.391 e. The van der Waals surface area contributed by atoms with Gasteiger partial charge in [0.05, 0.1) is 11.5 Å². The Morgan fingerprint density at radius 2 is 2.11 bits per heavy atom. The van der Waals surface area contributed by atoms with Gasteiger partial charge in [-0.2, -0.15) is 0 Å². The topological polar surface area (TPSA) is 95.7 Å². The van der Waals surface area contributed by atoms with E-state index >= 15 is 0 Å². The lowest BCUT2D eigenvalue weighted by Gasteiger charge is -2.48. The molecule has 4 N–H and O–H groups in total. The van der Waals surface area contributed by atoms with Crippen molar-refractivity contribution < 1.29 is 14.7 Å². The van der Waals surface area contributed by atoms with Gasteiger partial charge in [-0.1, -0.05) is 0 Å². The maximum Gasteiger partial charge on any atom is 0.237 e. The third-order valence-electron chi connectivity index (χ3n) is 4.74. The van der Waals surface area contributed by atoms with Crippen LogP contribution in [0.5, 0.6) is 0 Å². The van der Waals surface area contributed by atoms with Crippen LogP contribution in [-0.4, -0.2) is 53.6 Å². The number of nitrogens with zero attached hydrogens (tertiary/aromatic N) is 1. The predicted octanol–water partition coefficient (Wildman–Crippen LogP) is -0.788. The molecule has 1 heterocycles. The molecule has 108 valence electrons. The van der Waals surface area contributed by atoms with Gasteiger partial charge in [0.25, 0.3) is 0 Å². The zero-order valence-corrected chi connectivity index (χ0v) is 11.6. The highest BCUT2D eigenvalue weighted by Crippen LogP contribution is 2.41. The van der Waals surface area contributed by atoms with E-state index < -0.39 is 18.1 Å². The molecule has 0 aromatic carbocycles. The van der Waals surface area contributed by atoms with Crippen molar-refractivity contribution in [2.75, 3.05) is 13.6 Å². The summed E-state index contributed by atoms with van der Waals surface area (Å²) in [4.78, 5) is 24.9. The average Bonchev–Trinajstić information content (AvgIpc) is 2.36. The smallest absolute Gasteiger partial charge is 0.237 e. The van der Waals surface area contributed by atoms with E-state index in [0.717, 1.165) is 32.2 Å². The van der Waals surface area contributed by atoms with Crippen LogP contribution < -0.4 is 11.1 Å². The van der Waals surface area contributed by atoms with E-state index in [2.05, 4.69) is 5.32 Å². The van der Waals surface area contributed by atoms with Crippen molar-refractivity contribution in [3.05, 3.63) is 0 Å². The number of aliphatic hydroxyl groups excluding tert-OH is 1. The molecule has 1 saturated carbocycles. The summed E-state index contributed by atoms with van der Waals surface area (Å²) < 4.78 is 0. The summed E-state index contributed by atoms with van der Waals surface area (Å²) in [7, 11) is 1.83. The number of β-lactam (4-membered cyclic amide) rings is 1. The van der Waals surface area contributed by atoms with Crippen LogP contribution in [0.2, 0.25) is 0 Å². The van der Waals surface area contributed by atoms with Gasteiger partial charge in [0, 0.05) is 12.6 Å². The molecule has 0 aromatic heterocycles. The molecule has 2 atom stereocenters. The zero-order chi connectivity index (χ0) is 14.2. The second kappa shape index (κ2) is 5.09. The van der Waals surface area contributed by atoms with Crippen molar-refractivity contribution in [2.45, 2.75) is 50.8 Å². The number of carbonyl (C=O) groups is 2. The van der Waals surface area contributed by atoms with Crippen LogP contribution in [-0.2, 0) is 9.59 Å². The van der Waals surface area contributed by atoms with Gasteiger partial charge < -0.3 is 16.2 Å². The second-order valence-corrected chi connectivity index (χ2v) is 5.95. The monoisotopic (exact) mass is 269 g/mol. The molecular formula is C13H23N3O3. The number of aliphatic hydroxyl groups is 1. The number of hydrogen-bond donors (Lipinski definition) is 3. The van der Waals surface area contributed by atoms with Gasteiger partial charge in [0.2, 0.25) is 11.8 Å². The molecule has 0 radical (unpaired) electrons. The van der Waals surface area contributed by atoms with Crippen molar-refractivity contribution in [1.82, 2.24) is 10.2 Å². The SMILES string of the molecule is C[C@@H](O)[C@@H](C(N)=O)N(C)C1CCC2(CC1)CNC2=O. The summed E-state index contributed by atoms with van der Waals surface area (Å²) in [6, 6.07) is -0.458. The first kappa shape index (κ1) is 14.3. The van der Waals surface area contributed by atoms with E-state index in [9.17, 15) is 14.7 Å². The van der Waals surface area contributed by atoms with Gasteiger partial charge in [-0.05, 0) is 39.7 Å². The summed E-state index contributed by atoms with van der Waals surface area (Å²) in [6.07, 6.45) is 2.63. The molecule has 2 aliphatic rings. The van der Waals surface area contributed by atoms with E-state index in [0.29, 0.717) is 0 Å². The minimum atomic E-state index is -0.787. The van der Waals surface area contributed by atoms with Crippen molar-refractivity contribution in [3.8, 4) is 0 Å². The first-order chi connectivity index (χ1) is 8.87. The number of likely N-dealkylation sites (N-methyl/N-ethyl adjacent to an activating group) is 1. The van der Waals surface area contributed by atoms with Crippen LogP contribution >= 0.6 is 0 Å². The van der Waals surface area contributed by atoms with Gasteiger partial charge >= 0.3 is 0 Å². The Morgan fingerprint density at radius 3 is 2.42 bits per heavy atom. The fraction of sp³-hybridized carbons (Fsp3) is 0.846. The lowest BCUT2D eigenvalue weighted by atomic mass is 9.67. The maximum absolute atomic E-state index is 11.6. The molecule has 1 aliphatic carbocycles. The fourth-order valence-corrected chi connectivity index (χ4v) is 3.38. The Bertz CT molecular complexity index is 375. The third kappa shape index (κ3) is 2.47. The van der Waals surface area contributed by atoms with Crippen LogP contribution in [0.15, 0.2) is 0 Å². The second-order valence-electron chi connectivity index (χ2n) is 5.95. The van der Waals surface area contributed by atoms with Gasteiger partial charge in [-0.3, -0.25) is 14.5 Å². The molecule has 1 saturated heterocycles. The van der Waals surface area contributed by atoms with E-state index in [1.165, 1.54) is 0 Å². The molecule has 0 aromatic rings. The van der Waals surface area contributed by atoms with Gasteiger partial charge in [-0.15, -0.1) is 0 Å². The van der Waals surface area contributed by atoms with Gasteiger partial charge in [-0.25, -0.2) is 0 Å². The quantitative estimate of drug-likeness (QED) is 0.583. The molecule has 1 spiro atoms. The van der Waals surface area contributed by atoms with E-state index in [4.69, 9.17) is 5.73 Å². The Hall–Kier alpha value is -1.14. The molecule has 0 unspecified atom stereocenters. The minimum absolute atomic E-state index is 0.162. The number of nitrogens with one attached hydrogen (secondary N) is 1. The lowest BCUT2D eigenvalue weighted by Crippen LogP contribution is -2.62. The van der Waals surface area contributed by atoms with E-state index in [1.54, 1.807) is 6.92 Å². The summed E-state index contributed by atoms with van der Waals surface area (Å²) in [5.74, 6) is -0.338. The molecule has 2 fully saturated rings. The standard InChI is InChI=1S/C13H23N3O3/c1-8(17)10(11(14)18)16(2)9-3-5-13(6-4-9)7-15-12(13)19/h8-10,17H,3-7H2,1-2H3,(H2,14,18)(H,15,19)/t8-,9?,10+,13?/m1/s1.